The molecule has 1 unspecified atom stereocenters. The Kier molecular flexibility index (Phi) is 6.39. The van der Waals surface area contributed by atoms with Gasteiger partial charge in [0, 0.05) is 12.9 Å². The lowest BCUT2D eigenvalue weighted by Crippen LogP contribution is -2.37. The SMILES string of the molecule is CCCOC(CC)c1cc2c(=O)n(CS(C)(=O)=O)c(=O)[nH]c2cc1C(F)(F)F. The number of halogens is 3. The summed E-state index contributed by atoms with van der Waals surface area (Å²) >= 11 is 0. The Labute approximate surface area is 159 Å². The van der Waals surface area contributed by atoms with Gasteiger partial charge in [-0.1, -0.05) is 13.8 Å². The van der Waals surface area contributed by atoms with E-state index in [1.807, 2.05) is 6.92 Å². The second-order valence-electron chi connectivity index (χ2n) is 6.47. The molecular weight excluding hydrogens is 401 g/mol. The summed E-state index contributed by atoms with van der Waals surface area (Å²) in [4.78, 5) is 26.8. The van der Waals surface area contributed by atoms with E-state index in [4.69, 9.17) is 4.74 Å². The van der Waals surface area contributed by atoms with Crippen molar-refractivity contribution in [1.29, 1.82) is 0 Å². The number of aromatic amines is 1. The molecule has 0 amide bonds. The maximum atomic E-state index is 13.6. The summed E-state index contributed by atoms with van der Waals surface area (Å²) in [6.07, 6.45) is -3.97. The van der Waals surface area contributed by atoms with Gasteiger partial charge >= 0.3 is 11.9 Å². The summed E-state index contributed by atoms with van der Waals surface area (Å²) in [5.41, 5.74) is -3.64. The van der Waals surface area contributed by atoms with E-state index in [0.717, 1.165) is 12.3 Å². The molecule has 1 aromatic carbocycles. The zero-order valence-corrected chi connectivity index (χ0v) is 16.4. The molecule has 2 aromatic rings. The predicted octanol–water partition coefficient (Wildman–Crippen LogP) is 2.59. The van der Waals surface area contributed by atoms with Crippen LogP contribution in [0.5, 0.6) is 0 Å². The minimum atomic E-state index is -4.73. The number of sulfone groups is 1. The zero-order chi connectivity index (χ0) is 21.3. The number of nitrogens with one attached hydrogen (secondary N) is 1. The van der Waals surface area contributed by atoms with Crippen LogP contribution in [0, 0.1) is 0 Å². The quantitative estimate of drug-likeness (QED) is 0.740. The first-order chi connectivity index (χ1) is 12.9. The first-order valence-corrected chi connectivity index (χ1v) is 10.6. The van der Waals surface area contributed by atoms with E-state index in [1.54, 1.807) is 6.92 Å². The third-order valence-electron chi connectivity index (χ3n) is 4.06. The molecule has 156 valence electrons. The summed E-state index contributed by atoms with van der Waals surface area (Å²) < 4.78 is 69.7. The Morgan fingerprint density at radius 2 is 1.86 bits per heavy atom. The predicted molar refractivity (Wildman–Crippen MR) is 97.9 cm³/mol. The highest BCUT2D eigenvalue weighted by Crippen LogP contribution is 2.38. The lowest BCUT2D eigenvalue weighted by atomic mass is 9.97. The van der Waals surface area contributed by atoms with Crippen LogP contribution in [0.2, 0.25) is 0 Å². The number of benzene rings is 1. The largest absolute Gasteiger partial charge is 0.416 e. The topological polar surface area (TPSA) is 98.2 Å². The second kappa shape index (κ2) is 8.08. The van der Waals surface area contributed by atoms with Gasteiger partial charge in [-0.15, -0.1) is 0 Å². The number of hydrogen-bond acceptors (Lipinski definition) is 5. The lowest BCUT2D eigenvalue weighted by molar-refractivity contribution is -0.139. The number of fused-ring (bicyclic) bond motifs is 1. The number of aromatic nitrogens is 2. The van der Waals surface area contributed by atoms with Crippen molar-refractivity contribution in [3.63, 3.8) is 0 Å². The van der Waals surface area contributed by atoms with Crippen LogP contribution in [0.25, 0.3) is 10.9 Å². The molecule has 0 saturated carbocycles. The van der Waals surface area contributed by atoms with E-state index in [9.17, 15) is 31.2 Å². The van der Waals surface area contributed by atoms with Crippen molar-refractivity contribution in [2.75, 3.05) is 12.9 Å². The van der Waals surface area contributed by atoms with Crippen LogP contribution in [0.3, 0.4) is 0 Å². The highest BCUT2D eigenvalue weighted by molar-refractivity contribution is 7.89. The Hall–Kier alpha value is -2.14. The first kappa shape index (κ1) is 22.2. The van der Waals surface area contributed by atoms with Crippen LogP contribution in [-0.4, -0.2) is 30.8 Å². The summed E-state index contributed by atoms with van der Waals surface area (Å²) in [7, 11) is -3.73. The van der Waals surface area contributed by atoms with Gasteiger partial charge in [0.05, 0.1) is 22.6 Å². The molecule has 0 fully saturated rings. The number of ether oxygens (including phenoxy) is 1. The van der Waals surface area contributed by atoms with Gasteiger partial charge in [0.1, 0.15) is 5.88 Å². The molecule has 1 aromatic heterocycles. The summed E-state index contributed by atoms with van der Waals surface area (Å²) in [5.74, 6) is -0.878. The van der Waals surface area contributed by atoms with Gasteiger partial charge in [-0.05, 0) is 30.5 Å². The van der Waals surface area contributed by atoms with Crippen LogP contribution >= 0.6 is 0 Å². The molecule has 0 aliphatic carbocycles. The highest BCUT2D eigenvalue weighted by atomic mass is 32.2. The highest BCUT2D eigenvalue weighted by Gasteiger charge is 2.36. The van der Waals surface area contributed by atoms with Crippen molar-refractivity contribution in [2.24, 2.45) is 0 Å². The van der Waals surface area contributed by atoms with Crippen molar-refractivity contribution < 1.29 is 26.3 Å². The molecule has 0 radical (unpaired) electrons. The molecule has 7 nitrogen and oxygen atoms in total. The van der Waals surface area contributed by atoms with E-state index in [-0.39, 0.29) is 29.5 Å². The van der Waals surface area contributed by atoms with Crippen molar-refractivity contribution in [2.45, 2.75) is 44.8 Å². The smallest absolute Gasteiger partial charge is 0.374 e. The van der Waals surface area contributed by atoms with E-state index in [1.165, 1.54) is 0 Å². The fourth-order valence-corrected chi connectivity index (χ4v) is 3.57. The van der Waals surface area contributed by atoms with Gasteiger partial charge in [0.25, 0.3) is 5.56 Å². The van der Waals surface area contributed by atoms with Crippen molar-refractivity contribution in [1.82, 2.24) is 9.55 Å². The van der Waals surface area contributed by atoms with E-state index >= 15 is 0 Å². The number of H-pyrrole nitrogens is 1. The van der Waals surface area contributed by atoms with Gasteiger partial charge in [-0.3, -0.25) is 4.79 Å². The molecule has 0 saturated heterocycles. The number of rotatable bonds is 7. The monoisotopic (exact) mass is 422 g/mol. The molecule has 28 heavy (non-hydrogen) atoms. The second-order valence-corrected chi connectivity index (χ2v) is 8.58. The van der Waals surface area contributed by atoms with Gasteiger partial charge in [0.2, 0.25) is 0 Å². The third-order valence-corrected chi connectivity index (χ3v) is 4.79. The van der Waals surface area contributed by atoms with Crippen LogP contribution in [0.1, 0.15) is 43.9 Å². The Morgan fingerprint density at radius 1 is 1.21 bits per heavy atom. The van der Waals surface area contributed by atoms with Crippen LogP contribution in [0.15, 0.2) is 21.7 Å². The minimum Gasteiger partial charge on any atom is -0.374 e. The standard InChI is InChI=1S/C17H21F3N2O5S/c1-4-6-27-14(5-2)10-7-11-13(8-12(10)17(18,19)20)21-16(24)22(15(11)23)9-28(3,25)26/h7-8,14H,4-6,9H2,1-3H3,(H,21,24). The Bertz CT molecular complexity index is 1090. The molecule has 0 aliphatic rings. The normalized spacial score (nSPS) is 13.8. The van der Waals surface area contributed by atoms with Crippen LogP contribution < -0.4 is 11.2 Å². The average Bonchev–Trinajstić information content (AvgIpc) is 2.57. The maximum Gasteiger partial charge on any atom is 0.416 e. The fourth-order valence-electron chi connectivity index (χ4n) is 2.87. The van der Waals surface area contributed by atoms with Gasteiger partial charge in [-0.25, -0.2) is 17.8 Å². The molecule has 1 N–H and O–H groups in total. The maximum absolute atomic E-state index is 13.6. The Morgan fingerprint density at radius 3 is 2.36 bits per heavy atom. The van der Waals surface area contributed by atoms with Gasteiger partial charge in [0.15, 0.2) is 9.84 Å². The minimum absolute atomic E-state index is 0.218. The molecule has 0 spiro atoms. The summed E-state index contributed by atoms with van der Waals surface area (Å²) in [6.45, 7) is 3.70. The van der Waals surface area contributed by atoms with E-state index in [2.05, 4.69) is 4.98 Å². The zero-order valence-electron chi connectivity index (χ0n) is 15.6. The number of alkyl halides is 3. The average molecular weight is 422 g/mol. The molecule has 1 atom stereocenters. The molecule has 11 heteroatoms. The molecule has 0 bridgehead atoms. The van der Waals surface area contributed by atoms with Crippen LogP contribution in [0.4, 0.5) is 13.2 Å². The molecule has 2 rings (SSSR count). The van der Waals surface area contributed by atoms with Crippen molar-refractivity contribution in [3.05, 3.63) is 44.1 Å². The number of hydrogen-bond donors (Lipinski definition) is 1. The van der Waals surface area contributed by atoms with E-state index in [0.29, 0.717) is 17.1 Å². The van der Waals surface area contributed by atoms with Crippen molar-refractivity contribution in [3.8, 4) is 0 Å². The third kappa shape index (κ3) is 4.82. The van der Waals surface area contributed by atoms with E-state index < -0.39 is 44.8 Å². The molecule has 1 heterocycles. The van der Waals surface area contributed by atoms with Gasteiger partial charge < -0.3 is 9.72 Å². The first-order valence-electron chi connectivity index (χ1n) is 8.56. The van der Waals surface area contributed by atoms with Crippen LogP contribution in [-0.2, 0) is 26.6 Å². The summed E-state index contributed by atoms with van der Waals surface area (Å²) in [5, 5.41) is -0.218. The Balaban J connectivity index is 2.83. The molecule has 0 aliphatic heterocycles. The lowest BCUT2D eigenvalue weighted by Gasteiger charge is -2.22. The molecular formula is C17H21F3N2O5S. The van der Waals surface area contributed by atoms with Gasteiger partial charge in [-0.2, -0.15) is 13.2 Å². The summed E-state index contributed by atoms with van der Waals surface area (Å²) in [6, 6.07) is 1.72. The number of nitrogens with zero attached hydrogens (tertiary/aromatic N) is 1. The fraction of sp³-hybridized carbons (Fsp3) is 0.529. The van der Waals surface area contributed by atoms with Crippen molar-refractivity contribution >= 4 is 20.7 Å².